The van der Waals surface area contributed by atoms with E-state index in [2.05, 4.69) is 25.6 Å². The molecule has 2 rings (SSSR count). The minimum absolute atomic E-state index is 0.154. The van der Waals surface area contributed by atoms with Crippen molar-refractivity contribution in [3.63, 3.8) is 0 Å². The van der Waals surface area contributed by atoms with Gasteiger partial charge in [-0.25, -0.2) is 9.97 Å². The summed E-state index contributed by atoms with van der Waals surface area (Å²) in [6.45, 7) is 2.78. The minimum atomic E-state index is -0.496. The lowest BCUT2D eigenvalue weighted by Crippen LogP contribution is -2.09. The Kier molecular flexibility index (Phi) is 4.38. The van der Waals surface area contributed by atoms with Gasteiger partial charge in [-0.3, -0.25) is 15.1 Å². The molecular weight excluding hydrogens is 260 g/mol. The highest BCUT2D eigenvalue weighted by Crippen LogP contribution is 2.28. The Balaban J connectivity index is 2.22. The molecule has 0 fully saturated rings. The molecule has 0 atom stereocenters. The summed E-state index contributed by atoms with van der Waals surface area (Å²) >= 11 is 0. The third-order valence-corrected chi connectivity index (χ3v) is 2.53. The van der Waals surface area contributed by atoms with Crippen molar-refractivity contribution >= 4 is 17.3 Å². The molecule has 0 amide bonds. The molecule has 2 N–H and O–H groups in total. The van der Waals surface area contributed by atoms with Crippen LogP contribution in [-0.2, 0) is 6.54 Å². The summed E-state index contributed by atoms with van der Waals surface area (Å²) in [4.78, 5) is 22.5. The highest BCUT2D eigenvalue weighted by Gasteiger charge is 2.22. The lowest BCUT2D eigenvalue weighted by molar-refractivity contribution is -0.383. The van der Waals surface area contributed by atoms with Crippen molar-refractivity contribution in [3.8, 4) is 0 Å². The second kappa shape index (κ2) is 6.41. The molecule has 0 spiro atoms. The Morgan fingerprint density at radius 1 is 1.30 bits per heavy atom. The number of nitro groups is 1. The first-order chi connectivity index (χ1) is 9.72. The van der Waals surface area contributed by atoms with Gasteiger partial charge in [0, 0.05) is 25.5 Å². The molecule has 0 aliphatic carbocycles. The molecule has 8 nitrogen and oxygen atoms in total. The molecule has 2 heterocycles. The second-order valence-corrected chi connectivity index (χ2v) is 3.92. The largest absolute Gasteiger partial charge is 0.364 e. The van der Waals surface area contributed by atoms with Gasteiger partial charge in [0.25, 0.3) is 0 Å². The maximum Gasteiger partial charge on any atom is 0.353 e. The van der Waals surface area contributed by atoms with Gasteiger partial charge in [0.15, 0.2) is 0 Å². The van der Waals surface area contributed by atoms with E-state index in [-0.39, 0.29) is 17.3 Å². The zero-order valence-corrected chi connectivity index (χ0v) is 10.9. The predicted molar refractivity (Wildman–Crippen MR) is 74.4 cm³/mol. The van der Waals surface area contributed by atoms with Crippen molar-refractivity contribution < 1.29 is 4.92 Å². The van der Waals surface area contributed by atoms with Crippen molar-refractivity contribution in [2.24, 2.45) is 0 Å². The van der Waals surface area contributed by atoms with Crippen molar-refractivity contribution in [1.29, 1.82) is 0 Å². The average Bonchev–Trinajstić information content (AvgIpc) is 2.46. The quantitative estimate of drug-likeness (QED) is 0.611. The van der Waals surface area contributed by atoms with E-state index in [0.717, 1.165) is 5.56 Å². The Morgan fingerprint density at radius 2 is 2.05 bits per heavy atom. The van der Waals surface area contributed by atoms with Crippen LogP contribution in [0.5, 0.6) is 0 Å². The molecule has 0 unspecified atom stereocenters. The molecule has 0 aliphatic heterocycles. The van der Waals surface area contributed by atoms with E-state index in [9.17, 15) is 10.1 Å². The number of nitrogens with one attached hydrogen (secondary N) is 2. The number of rotatable bonds is 6. The van der Waals surface area contributed by atoms with Crippen LogP contribution in [-0.4, -0.2) is 26.4 Å². The zero-order valence-electron chi connectivity index (χ0n) is 10.9. The van der Waals surface area contributed by atoms with Crippen LogP contribution in [0.4, 0.5) is 17.3 Å². The van der Waals surface area contributed by atoms with Gasteiger partial charge in [0.2, 0.25) is 11.6 Å². The number of pyridine rings is 1. The van der Waals surface area contributed by atoms with Crippen LogP contribution in [0.2, 0.25) is 0 Å². The van der Waals surface area contributed by atoms with Gasteiger partial charge in [-0.2, -0.15) is 0 Å². The topological polar surface area (TPSA) is 106 Å². The van der Waals surface area contributed by atoms with Gasteiger partial charge in [-0.05, 0) is 18.6 Å². The zero-order chi connectivity index (χ0) is 14.4. The van der Waals surface area contributed by atoms with E-state index in [4.69, 9.17) is 0 Å². The Labute approximate surface area is 115 Å². The molecule has 0 aromatic carbocycles. The number of hydrogen-bond donors (Lipinski definition) is 2. The molecule has 0 radical (unpaired) electrons. The summed E-state index contributed by atoms with van der Waals surface area (Å²) in [5, 5.41) is 16.9. The highest BCUT2D eigenvalue weighted by atomic mass is 16.6. The van der Waals surface area contributed by atoms with Crippen LogP contribution < -0.4 is 10.6 Å². The number of hydrogen-bond acceptors (Lipinski definition) is 7. The van der Waals surface area contributed by atoms with Gasteiger partial charge >= 0.3 is 5.69 Å². The fourth-order valence-electron chi connectivity index (χ4n) is 1.67. The average molecular weight is 274 g/mol. The number of nitrogens with zero attached hydrogens (tertiary/aromatic N) is 4. The van der Waals surface area contributed by atoms with E-state index in [1.54, 1.807) is 18.5 Å². The van der Waals surface area contributed by atoms with Crippen LogP contribution >= 0.6 is 0 Å². The fraction of sp³-hybridized carbons (Fsp3) is 0.250. The molecule has 2 aromatic heterocycles. The molecule has 0 saturated heterocycles. The third-order valence-electron chi connectivity index (χ3n) is 2.53. The van der Waals surface area contributed by atoms with Crippen LogP contribution in [0.3, 0.4) is 0 Å². The van der Waals surface area contributed by atoms with Gasteiger partial charge in [0.1, 0.15) is 6.33 Å². The first kappa shape index (κ1) is 13.7. The van der Waals surface area contributed by atoms with Crippen molar-refractivity contribution in [1.82, 2.24) is 15.0 Å². The number of anilines is 2. The SMILES string of the molecule is CCNc1ncnc(NCc2cccnc2)c1[N+](=O)[O-]. The second-order valence-electron chi connectivity index (χ2n) is 3.92. The molecule has 8 heteroatoms. The first-order valence-corrected chi connectivity index (χ1v) is 6.08. The summed E-state index contributed by atoms with van der Waals surface area (Å²) in [6, 6.07) is 3.67. The molecule has 0 aliphatic rings. The maximum absolute atomic E-state index is 11.2. The maximum atomic E-state index is 11.2. The summed E-state index contributed by atoms with van der Waals surface area (Å²) < 4.78 is 0. The normalized spacial score (nSPS) is 10.1. The molecule has 104 valence electrons. The van der Waals surface area contributed by atoms with E-state index >= 15 is 0 Å². The molecule has 0 saturated carbocycles. The lowest BCUT2D eigenvalue weighted by atomic mass is 10.3. The third kappa shape index (κ3) is 3.16. The van der Waals surface area contributed by atoms with Crippen LogP contribution in [0.1, 0.15) is 12.5 Å². The van der Waals surface area contributed by atoms with E-state index in [0.29, 0.717) is 13.1 Å². The summed E-state index contributed by atoms with van der Waals surface area (Å²) in [5.41, 5.74) is 0.753. The van der Waals surface area contributed by atoms with E-state index < -0.39 is 4.92 Å². The number of aromatic nitrogens is 3. The Morgan fingerprint density at radius 3 is 2.65 bits per heavy atom. The van der Waals surface area contributed by atoms with Crippen LogP contribution in [0.15, 0.2) is 30.9 Å². The summed E-state index contributed by atoms with van der Waals surface area (Å²) in [5.74, 6) is 0.394. The van der Waals surface area contributed by atoms with Gasteiger partial charge in [0.05, 0.1) is 4.92 Å². The fourth-order valence-corrected chi connectivity index (χ4v) is 1.67. The molecule has 0 bridgehead atoms. The standard InChI is InChI=1S/C12H14N6O2/c1-2-14-11-10(18(19)20)12(17-8-16-11)15-7-9-4-3-5-13-6-9/h3-6,8H,2,7H2,1H3,(H2,14,15,16,17). The van der Waals surface area contributed by atoms with E-state index in [1.807, 2.05) is 13.0 Å². The monoisotopic (exact) mass is 274 g/mol. The predicted octanol–water partition coefficient (Wildman–Crippen LogP) is 1.82. The van der Waals surface area contributed by atoms with Crippen molar-refractivity contribution in [2.75, 3.05) is 17.2 Å². The Bertz CT molecular complexity index is 590. The smallest absolute Gasteiger partial charge is 0.353 e. The van der Waals surface area contributed by atoms with E-state index in [1.165, 1.54) is 6.33 Å². The van der Waals surface area contributed by atoms with Gasteiger partial charge < -0.3 is 10.6 Å². The van der Waals surface area contributed by atoms with Crippen molar-refractivity contribution in [3.05, 3.63) is 46.5 Å². The molecular formula is C12H14N6O2. The van der Waals surface area contributed by atoms with Crippen LogP contribution in [0, 0.1) is 10.1 Å². The summed E-state index contributed by atoms with van der Waals surface area (Å²) in [6.07, 6.45) is 4.64. The lowest BCUT2D eigenvalue weighted by Gasteiger charge is -2.08. The Hall–Kier alpha value is -2.77. The minimum Gasteiger partial charge on any atom is -0.364 e. The van der Waals surface area contributed by atoms with Crippen molar-refractivity contribution in [2.45, 2.75) is 13.5 Å². The first-order valence-electron chi connectivity index (χ1n) is 6.08. The molecule has 2 aromatic rings. The molecule has 20 heavy (non-hydrogen) atoms. The van der Waals surface area contributed by atoms with Crippen LogP contribution in [0.25, 0.3) is 0 Å². The summed E-state index contributed by atoms with van der Waals surface area (Å²) in [7, 11) is 0. The van der Waals surface area contributed by atoms with Gasteiger partial charge in [-0.15, -0.1) is 0 Å². The highest BCUT2D eigenvalue weighted by molar-refractivity contribution is 5.69. The van der Waals surface area contributed by atoms with Gasteiger partial charge in [-0.1, -0.05) is 6.07 Å².